The molecule has 1 aromatic carbocycles. The smallest absolute Gasteiger partial charge is 0.258 e. The van der Waals surface area contributed by atoms with Gasteiger partial charge in [0.05, 0.1) is 15.1 Å². The van der Waals surface area contributed by atoms with E-state index in [4.69, 9.17) is 6.42 Å². The van der Waals surface area contributed by atoms with Gasteiger partial charge in [-0.05, 0) is 12.0 Å². The fourth-order valence-corrected chi connectivity index (χ4v) is 1.90. The standard InChI is InChI=1S/C9H4N2O2S/c1-2-9-10-7-4-3-6(11(12)13)5-8(7)14-9/h1,3-5H. The summed E-state index contributed by atoms with van der Waals surface area (Å²) >= 11 is 1.28. The van der Waals surface area contributed by atoms with Gasteiger partial charge in [0.1, 0.15) is 0 Å². The van der Waals surface area contributed by atoms with Crippen LogP contribution in [-0.2, 0) is 0 Å². The Bertz CT molecular complexity index is 553. The Morgan fingerprint density at radius 3 is 3.00 bits per heavy atom. The minimum Gasteiger partial charge on any atom is -0.258 e. The van der Waals surface area contributed by atoms with Gasteiger partial charge >= 0.3 is 0 Å². The first kappa shape index (κ1) is 8.66. The van der Waals surface area contributed by atoms with Crippen molar-refractivity contribution in [3.63, 3.8) is 0 Å². The summed E-state index contributed by atoms with van der Waals surface area (Å²) in [6.07, 6.45) is 5.18. The van der Waals surface area contributed by atoms with Crippen LogP contribution in [0.5, 0.6) is 0 Å². The number of nitro benzene ring substituents is 1. The number of nitro groups is 1. The molecule has 68 valence electrons. The summed E-state index contributed by atoms with van der Waals surface area (Å²) in [5.41, 5.74) is 0.762. The van der Waals surface area contributed by atoms with E-state index >= 15 is 0 Å². The average molecular weight is 204 g/mol. The molecule has 0 aliphatic heterocycles. The fourth-order valence-electron chi connectivity index (χ4n) is 1.09. The van der Waals surface area contributed by atoms with Crippen molar-refractivity contribution in [1.82, 2.24) is 4.98 Å². The molecule has 14 heavy (non-hydrogen) atoms. The van der Waals surface area contributed by atoms with Gasteiger partial charge in [-0.2, -0.15) is 0 Å². The summed E-state index contributed by atoms with van der Waals surface area (Å²) in [5, 5.41) is 11.0. The Morgan fingerprint density at radius 2 is 2.36 bits per heavy atom. The second kappa shape index (κ2) is 3.09. The van der Waals surface area contributed by atoms with E-state index in [2.05, 4.69) is 10.9 Å². The zero-order chi connectivity index (χ0) is 10.1. The molecule has 0 bridgehead atoms. The Morgan fingerprint density at radius 1 is 1.57 bits per heavy atom. The zero-order valence-electron chi connectivity index (χ0n) is 6.93. The first-order valence-corrected chi connectivity index (χ1v) is 4.54. The van der Waals surface area contributed by atoms with Gasteiger partial charge < -0.3 is 0 Å². The quantitative estimate of drug-likeness (QED) is 0.406. The molecule has 2 aromatic rings. The predicted octanol–water partition coefficient (Wildman–Crippen LogP) is 2.19. The summed E-state index contributed by atoms with van der Waals surface area (Å²) in [5.74, 6) is 2.40. The molecule has 0 atom stereocenters. The lowest BCUT2D eigenvalue weighted by atomic mass is 10.3. The minimum atomic E-state index is -0.436. The van der Waals surface area contributed by atoms with Gasteiger partial charge in [-0.25, -0.2) is 4.98 Å². The first-order chi connectivity index (χ1) is 6.70. The maximum Gasteiger partial charge on any atom is 0.270 e. The van der Waals surface area contributed by atoms with Crippen LogP contribution < -0.4 is 0 Å². The molecular weight excluding hydrogens is 200 g/mol. The Balaban J connectivity index is 2.66. The average Bonchev–Trinajstić information content (AvgIpc) is 2.58. The molecule has 0 amide bonds. The number of aromatic nitrogens is 1. The van der Waals surface area contributed by atoms with Gasteiger partial charge in [-0.1, -0.05) is 0 Å². The molecule has 0 fully saturated rings. The lowest BCUT2D eigenvalue weighted by Gasteiger charge is -1.88. The third-order valence-electron chi connectivity index (χ3n) is 1.71. The third kappa shape index (κ3) is 1.32. The van der Waals surface area contributed by atoms with E-state index in [1.165, 1.54) is 23.5 Å². The molecule has 0 radical (unpaired) electrons. The highest BCUT2D eigenvalue weighted by molar-refractivity contribution is 7.19. The summed E-state index contributed by atoms with van der Waals surface area (Å²) in [4.78, 5) is 14.1. The van der Waals surface area contributed by atoms with E-state index < -0.39 is 4.92 Å². The normalized spacial score (nSPS) is 9.93. The van der Waals surface area contributed by atoms with Crippen molar-refractivity contribution in [3.8, 4) is 12.3 Å². The van der Waals surface area contributed by atoms with E-state index in [0.29, 0.717) is 10.5 Å². The number of benzene rings is 1. The molecule has 0 N–H and O–H groups in total. The van der Waals surface area contributed by atoms with Gasteiger partial charge in [0.25, 0.3) is 5.69 Å². The number of hydrogen-bond donors (Lipinski definition) is 0. The first-order valence-electron chi connectivity index (χ1n) is 3.72. The maximum absolute atomic E-state index is 10.5. The number of thiazole rings is 1. The SMILES string of the molecule is C#Cc1nc2ccc([N+](=O)[O-])cc2s1. The molecule has 1 heterocycles. The molecule has 0 aliphatic carbocycles. The monoisotopic (exact) mass is 204 g/mol. The summed E-state index contributed by atoms with van der Waals surface area (Å²) in [7, 11) is 0. The van der Waals surface area contributed by atoms with Gasteiger partial charge in [0.2, 0.25) is 0 Å². The molecule has 4 nitrogen and oxygen atoms in total. The number of fused-ring (bicyclic) bond motifs is 1. The molecule has 0 aliphatic rings. The van der Waals surface area contributed by atoms with E-state index in [1.807, 2.05) is 0 Å². The number of terminal acetylenes is 1. The summed E-state index contributed by atoms with van der Waals surface area (Å²) in [6.45, 7) is 0. The van der Waals surface area contributed by atoms with E-state index in [0.717, 1.165) is 4.70 Å². The fraction of sp³-hybridized carbons (Fsp3) is 0. The topological polar surface area (TPSA) is 56.0 Å². The largest absolute Gasteiger partial charge is 0.270 e. The van der Waals surface area contributed by atoms with Crippen LogP contribution in [0.2, 0.25) is 0 Å². The predicted molar refractivity (Wildman–Crippen MR) is 54.2 cm³/mol. The third-order valence-corrected chi connectivity index (χ3v) is 2.66. The van der Waals surface area contributed by atoms with Crippen LogP contribution in [0, 0.1) is 22.5 Å². The van der Waals surface area contributed by atoms with Crippen LogP contribution in [0.15, 0.2) is 18.2 Å². The van der Waals surface area contributed by atoms with Crippen molar-refractivity contribution < 1.29 is 4.92 Å². The van der Waals surface area contributed by atoms with Crippen LogP contribution in [0.1, 0.15) is 5.01 Å². The molecule has 0 saturated carbocycles. The summed E-state index contributed by atoms with van der Waals surface area (Å²) in [6, 6.07) is 4.50. The highest BCUT2D eigenvalue weighted by atomic mass is 32.1. The minimum absolute atomic E-state index is 0.0599. The van der Waals surface area contributed by atoms with Gasteiger partial charge in [0.15, 0.2) is 5.01 Å². The van der Waals surface area contributed by atoms with E-state index in [1.54, 1.807) is 6.07 Å². The molecular formula is C9H4N2O2S. The van der Waals surface area contributed by atoms with Crippen LogP contribution >= 0.6 is 11.3 Å². The van der Waals surface area contributed by atoms with Crippen LogP contribution in [0.3, 0.4) is 0 Å². The van der Waals surface area contributed by atoms with Crippen molar-refractivity contribution in [1.29, 1.82) is 0 Å². The van der Waals surface area contributed by atoms with Gasteiger partial charge in [-0.15, -0.1) is 17.8 Å². The number of rotatable bonds is 1. The molecule has 0 spiro atoms. The Hall–Kier alpha value is -1.93. The highest BCUT2D eigenvalue weighted by Crippen LogP contribution is 2.25. The lowest BCUT2D eigenvalue weighted by molar-refractivity contribution is -0.384. The second-order valence-electron chi connectivity index (χ2n) is 2.57. The molecule has 2 rings (SSSR count). The van der Waals surface area contributed by atoms with Gasteiger partial charge in [0, 0.05) is 12.1 Å². The molecule has 0 saturated heterocycles. The van der Waals surface area contributed by atoms with Crippen LogP contribution in [0.4, 0.5) is 5.69 Å². The highest BCUT2D eigenvalue weighted by Gasteiger charge is 2.08. The van der Waals surface area contributed by atoms with Crippen LogP contribution in [-0.4, -0.2) is 9.91 Å². The molecule has 1 aromatic heterocycles. The Labute approximate surface area is 83.4 Å². The molecule has 0 unspecified atom stereocenters. The van der Waals surface area contributed by atoms with Crippen LogP contribution in [0.25, 0.3) is 10.2 Å². The number of non-ortho nitro benzene ring substituents is 1. The Kier molecular flexibility index (Phi) is 1.91. The molecule has 5 heteroatoms. The van der Waals surface area contributed by atoms with E-state index in [-0.39, 0.29) is 5.69 Å². The summed E-state index contributed by atoms with van der Waals surface area (Å²) < 4.78 is 0.743. The van der Waals surface area contributed by atoms with Crippen molar-refractivity contribution in [2.45, 2.75) is 0 Å². The number of nitrogens with zero attached hydrogens (tertiary/aromatic N) is 2. The second-order valence-corrected chi connectivity index (χ2v) is 3.60. The van der Waals surface area contributed by atoms with E-state index in [9.17, 15) is 10.1 Å². The van der Waals surface area contributed by atoms with Gasteiger partial charge in [-0.3, -0.25) is 10.1 Å². The van der Waals surface area contributed by atoms with Crippen molar-refractivity contribution in [3.05, 3.63) is 33.3 Å². The van der Waals surface area contributed by atoms with Crippen molar-refractivity contribution in [2.75, 3.05) is 0 Å². The maximum atomic E-state index is 10.5. The van der Waals surface area contributed by atoms with Crippen molar-refractivity contribution in [2.24, 2.45) is 0 Å². The number of hydrogen-bond acceptors (Lipinski definition) is 4. The zero-order valence-corrected chi connectivity index (χ0v) is 7.75. The van der Waals surface area contributed by atoms with Crippen molar-refractivity contribution >= 4 is 27.2 Å². The lowest BCUT2D eigenvalue weighted by Crippen LogP contribution is -1.85.